The lowest BCUT2D eigenvalue weighted by molar-refractivity contribution is 0.621. The van der Waals surface area contributed by atoms with Gasteiger partial charge in [-0.15, -0.1) is 0 Å². The molecule has 1 N–H and O–H groups in total. The molecular weight excluding hydrogens is 177 g/mol. The zero-order valence-corrected chi connectivity index (χ0v) is 8.94. The van der Waals surface area contributed by atoms with Crippen LogP contribution in [-0.2, 0) is 6.42 Å². The van der Waals surface area contributed by atoms with E-state index < -0.39 is 0 Å². The first-order valence-electron chi connectivity index (χ1n) is 5.19. The second-order valence-corrected chi connectivity index (χ2v) is 3.57. The molecule has 0 aliphatic carbocycles. The summed E-state index contributed by atoms with van der Waals surface area (Å²) in [5.74, 6) is -0.138. The normalized spacial score (nSPS) is 10.5. The molecule has 0 bridgehead atoms. The lowest BCUT2D eigenvalue weighted by Crippen LogP contribution is -2.18. The van der Waals surface area contributed by atoms with E-state index in [0.29, 0.717) is 0 Å². The molecule has 0 heterocycles. The van der Waals surface area contributed by atoms with Gasteiger partial charge in [-0.25, -0.2) is 4.39 Å². The number of halogens is 1. The highest BCUT2D eigenvalue weighted by Gasteiger charge is 1.99. The highest BCUT2D eigenvalue weighted by molar-refractivity contribution is 5.26. The van der Waals surface area contributed by atoms with Gasteiger partial charge < -0.3 is 5.32 Å². The highest BCUT2D eigenvalue weighted by Crippen LogP contribution is 2.10. The largest absolute Gasteiger partial charge is 0.316 e. The third kappa shape index (κ3) is 3.46. The molecule has 0 atom stereocenters. The van der Waals surface area contributed by atoms with Crippen LogP contribution < -0.4 is 5.32 Å². The van der Waals surface area contributed by atoms with Crippen LogP contribution in [0.1, 0.15) is 24.5 Å². The van der Waals surface area contributed by atoms with E-state index >= 15 is 0 Å². The van der Waals surface area contributed by atoms with E-state index in [4.69, 9.17) is 0 Å². The minimum absolute atomic E-state index is 0.138. The van der Waals surface area contributed by atoms with Crippen LogP contribution in [0.3, 0.4) is 0 Å². The van der Waals surface area contributed by atoms with Crippen LogP contribution in [0.4, 0.5) is 4.39 Å². The standard InChI is InChI=1S/C12H18FN/c1-3-7-14-8-6-11-9-12(13)5-4-10(11)2/h4-5,9,14H,3,6-8H2,1-2H3. The van der Waals surface area contributed by atoms with Gasteiger partial charge in [0.25, 0.3) is 0 Å². The number of hydrogen-bond acceptors (Lipinski definition) is 1. The zero-order chi connectivity index (χ0) is 10.4. The Balaban J connectivity index is 2.45. The van der Waals surface area contributed by atoms with Crippen LogP contribution in [-0.4, -0.2) is 13.1 Å². The maximum absolute atomic E-state index is 12.9. The van der Waals surface area contributed by atoms with Gasteiger partial charge in [-0.3, -0.25) is 0 Å². The molecule has 0 amide bonds. The molecule has 0 unspecified atom stereocenters. The summed E-state index contributed by atoms with van der Waals surface area (Å²) in [6.45, 7) is 6.13. The number of nitrogens with one attached hydrogen (secondary N) is 1. The lowest BCUT2D eigenvalue weighted by atomic mass is 10.1. The monoisotopic (exact) mass is 195 g/mol. The molecule has 1 aromatic carbocycles. The van der Waals surface area contributed by atoms with Crippen molar-refractivity contribution in [2.45, 2.75) is 26.7 Å². The third-order valence-electron chi connectivity index (χ3n) is 2.31. The molecule has 0 saturated heterocycles. The summed E-state index contributed by atoms with van der Waals surface area (Å²) >= 11 is 0. The quantitative estimate of drug-likeness (QED) is 0.712. The van der Waals surface area contributed by atoms with Gasteiger partial charge in [0.2, 0.25) is 0 Å². The van der Waals surface area contributed by atoms with Gasteiger partial charge in [0, 0.05) is 0 Å². The molecule has 78 valence electrons. The first kappa shape index (κ1) is 11.2. The predicted octanol–water partition coefficient (Wildman–Crippen LogP) is 2.68. The number of hydrogen-bond donors (Lipinski definition) is 1. The van der Waals surface area contributed by atoms with Crippen molar-refractivity contribution in [3.63, 3.8) is 0 Å². The van der Waals surface area contributed by atoms with E-state index in [1.807, 2.05) is 13.0 Å². The van der Waals surface area contributed by atoms with Crippen LogP contribution in [0.25, 0.3) is 0 Å². The van der Waals surface area contributed by atoms with Crippen molar-refractivity contribution in [3.05, 3.63) is 35.1 Å². The van der Waals surface area contributed by atoms with Gasteiger partial charge in [-0.1, -0.05) is 13.0 Å². The van der Waals surface area contributed by atoms with Gasteiger partial charge >= 0.3 is 0 Å². The molecular formula is C12H18FN. The summed E-state index contributed by atoms with van der Waals surface area (Å²) in [7, 11) is 0. The Labute approximate surface area is 85.3 Å². The molecule has 1 aromatic rings. The molecule has 1 rings (SSSR count). The lowest BCUT2D eigenvalue weighted by Gasteiger charge is -2.06. The third-order valence-corrected chi connectivity index (χ3v) is 2.31. The van der Waals surface area contributed by atoms with E-state index in [-0.39, 0.29) is 5.82 Å². The Kier molecular flexibility index (Phi) is 4.60. The van der Waals surface area contributed by atoms with Crippen molar-refractivity contribution in [1.29, 1.82) is 0 Å². The maximum Gasteiger partial charge on any atom is 0.123 e. The highest BCUT2D eigenvalue weighted by atomic mass is 19.1. The molecule has 1 nitrogen and oxygen atoms in total. The predicted molar refractivity (Wildman–Crippen MR) is 58.0 cm³/mol. The van der Waals surface area contributed by atoms with Crippen LogP contribution in [0.15, 0.2) is 18.2 Å². The van der Waals surface area contributed by atoms with Gasteiger partial charge in [0.15, 0.2) is 0 Å². The molecule has 0 aromatic heterocycles. The Morgan fingerprint density at radius 2 is 2.07 bits per heavy atom. The SMILES string of the molecule is CCCNCCc1cc(F)ccc1C. The molecule has 0 radical (unpaired) electrons. The molecule has 2 heteroatoms. The number of rotatable bonds is 5. The second kappa shape index (κ2) is 5.76. The molecule has 0 fully saturated rings. The average molecular weight is 195 g/mol. The van der Waals surface area contributed by atoms with E-state index in [1.54, 1.807) is 6.07 Å². The van der Waals surface area contributed by atoms with E-state index in [9.17, 15) is 4.39 Å². The van der Waals surface area contributed by atoms with Crippen molar-refractivity contribution in [2.75, 3.05) is 13.1 Å². The summed E-state index contributed by atoms with van der Waals surface area (Å²) in [6.07, 6.45) is 2.05. The minimum atomic E-state index is -0.138. The van der Waals surface area contributed by atoms with Crippen molar-refractivity contribution >= 4 is 0 Å². The van der Waals surface area contributed by atoms with Crippen molar-refractivity contribution in [2.24, 2.45) is 0 Å². The smallest absolute Gasteiger partial charge is 0.123 e. The first-order chi connectivity index (χ1) is 6.74. The summed E-state index contributed by atoms with van der Waals surface area (Å²) < 4.78 is 12.9. The second-order valence-electron chi connectivity index (χ2n) is 3.57. The van der Waals surface area contributed by atoms with Crippen LogP contribution in [0.5, 0.6) is 0 Å². The van der Waals surface area contributed by atoms with Crippen molar-refractivity contribution in [3.8, 4) is 0 Å². The zero-order valence-electron chi connectivity index (χ0n) is 8.94. The van der Waals surface area contributed by atoms with Gasteiger partial charge in [-0.05, 0) is 56.1 Å². The van der Waals surface area contributed by atoms with Crippen LogP contribution in [0.2, 0.25) is 0 Å². The molecule has 0 spiro atoms. The minimum Gasteiger partial charge on any atom is -0.316 e. The summed E-state index contributed by atoms with van der Waals surface area (Å²) in [6, 6.07) is 4.98. The Morgan fingerprint density at radius 1 is 1.29 bits per heavy atom. The maximum atomic E-state index is 12.9. The number of aryl methyl sites for hydroxylation is 1. The Hall–Kier alpha value is -0.890. The molecule has 0 saturated carbocycles. The Morgan fingerprint density at radius 3 is 2.79 bits per heavy atom. The fourth-order valence-electron chi connectivity index (χ4n) is 1.43. The average Bonchev–Trinajstić information content (AvgIpc) is 2.18. The van der Waals surface area contributed by atoms with Crippen LogP contribution >= 0.6 is 0 Å². The van der Waals surface area contributed by atoms with Gasteiger partial charge in [0.05, 0.1) is 0 Å². The van der Waals surface area contributed by atoms with Crippen molar-refractivity contribution < 1.29 is 4.39 Å². The summed E-state index contributed by atoms with van der Waals surface area (Å²) in [5.41, 5.74) is 2.28. The number of benzene rings is 1. The van der Waals surface area contributed by atoms with Gasteiger partial charge in [0.1, 0.15) is 5.82 Å². The summed E-state index contributed by atoms with van der Waals surface area (Å²) in [4.78, 5) is 0. The topological polar surface area (TPSA) is 12.0 Å². The van der Waals surface area contributed by atoms with Gasteiger partial charge in [-0.2, -0.15) is 0 Å². The molecule has 0 aliphatic heterocycles. The fourth-order valence-corrected chi connectivity index (χ4v) is 1.43. The van der Waals surface area contributed by atoms with Crippen molar-refractivity contribution in [1.82, 2.24) is 5.32 Å². The van der Waals surface area contributed by atoms with Crippen LogP contribution in [0, 0.1) is 12.7 Å². The van der Waals surface area contributed by atoms with E-state index in [1.165, 1.54) is 11.6 Å². The van der Waals surface area contributed by atoms with E-state index in [2.05, 4.69) is 12.2 Å². The molecule has 0 aliphatic rings. The first-order valence-corrected chi connectivity index (χ1v) is 5.19. The molecule has 14 heavy (non-hydrogen) atoms. The fraction of sp³-hybridized carbons (Fsp3) is 0.500. The van der Waals surface area contributed by atoms with E-state index in [0.717, 1.165) is 31.5 Å². The Bertz CT molecular complexity index is 284. The summed E-state index contributed by atoms with van der Waals surface area (Å²) in [5, 5.41) is 3.31.